The van der Waals surface area contributed by atoms with Gasteiger partial charge in [0.1, 0.15) is 18.2 Å². The Morgan fingerprint density at radius 1 is 1.03 bits per heavy atom. The highest BCUT2D eigenvalue weighted by molar-refractivity contribution is 6.35. The SMILES string of the molecule is Cc1cc(NC(=O)c2ccc(COc3ccc(F)cc3)cc2)nn1Cc1c(Cl)cccc1Cl. The molecule has 0 aliphatic carbocycles. The Hall–Kier alpha value is -3.35. The molecule has 1 aromatic heterocycles. The fourth-order valence-corrected chi connectivity index (χ4v) is 3.72. The van der Waals surface area contributed by atoms with Crippen molar-refractivity contribution in [3.63, 3.8) is 0 Å². The number of carbonyl (C=O) groups is 1. The number of amides is 1. The molecule has 0 atom stereocenters. The van der Waals surface area contributed by atoms with Crippen molar-refractivity contribution < 1.29 is 13.9 Å². The number of nitrogens with one attached hydrogen (secondary N) is 1. The summed E-state index contributed by atoms with van der Waals surface area (Å²) >= 11 is 12.5. The maximum atomic E-state index is 13.0. The van der Waals surface area contributed by atoms with Gasteiger partial charge in [-0.05, 0) is 61.0 Å². The average Bonchev–Trinajstić information content (AvgIpc) is 3.14. The molecule has 0 saturated carbocycles. The third-order valence-corrected chi connectivity index (χ3v) is 5.74. The standard InChI is InChI=1S/C25H20Cl2FN3O2/c1-16-13-24(30-31(16)14-21-22(26)3-2-4-23(21)27)29-25(32)18-7-5-17(6-8-18)15-33-20-11-9-19(28)10-12-20/h2-13H,14-15H2,1H3,(H,29,30,32). The fourth-order valence-electron chi connectivity index (χ4n) is 3.20. The minimum absolute atomic E-state index is 0.276. The van der Waals surface area contributed by atoms with E-state index in [4.69, 9.17) is 27.9 Å². The van der Waals surface area contributed by atoms with E-state index in [9.17, 15) is 9.18 Å². The normalized spacial score (nSPS) is 10.8. The van der Waals surface area contributed by atoms with Gasteiger partial charge in [-0.1, -0.05) is 41.4 Å². The lowest BCUT2D eigenvalue weighted by Gasteiger charge is -2.09. The molecule has 0 spiro atoms. The maximum absolute atomic E-state index is 13.0. The highest BCUT2D eigenvalue weighted by atomic mass is 35.5. The molecule has 1 heterocycles. The number of aromatic nitrogens is 2. The minimum atomic E-state index is -0.314. The number of hydrogen-bond donors (Lipinski definition) is 1. The summed E-state index contributed by atoms with van der Waals surface area (Å²) in [5, 5.41) is 8.40. The summed E-state index contributed by atoms with van der Waals surface area (Å²) in [7, 11) is 0. The van der Waals surface area contributed by atoms with Crippen LogP contribution in [0.1, 0.15) is 27.2 Å². The molecule has 0 bridgehead atoms. The van der Waals surface area contributed by atoms with E-state index in [-0.39, 0.29) is 11.7 Å². The molecular formula is C25H20Cl2FN3O2. The molecule has 1 N–H and O–H groups in total. The summed E-state index contributed by atoms with van der Waals surface area (Å²) in [4.78, 5) is 12.7. The summed E-state index contributed by atoms with van der Waals surface area (Å²) in [6.45, 7) is 2.59. The van der Waals surface area contributed by atoms with Crippen LogP contribution in [-0.2, 0) is 13.2 Å². The minimum Gasteiger partial charge on any atom is -0.489 e. The Kier molecular flexibility index (Phi) is 6.96. The first-order valence-electron chi connectivity index (χ1n) is 10.1. The van der Waals surface area contributed by atoms with Crippen LogP contribution in [0.5, 0.6) is 5.75 Å². The van der Waals surface area contributed by atoms with E-state index in [1.807, 2.05) is 19.1 Å². The lowest BCUT2D eigenvalue weighted by Crippen LogP contribution is -2.13. The molecule has 1 amide bonds. The number of carbonyl (C=O) groups excluding carboxylic acids is 1. The van der Waals surface area contributed by atoms with E-state index >= 15 is 0 Å². The second kappa shape index (κ2) is 10.1. The summed E-state index contributed by atoms with van der Waals surface area (Å²) in [5.74, 6) is 0.415. The van der Waals surface area contributed by atoms with Crippen LogP contribution in [0.2, 0.25) is 10.0 Å². The maximum Gasteiger partial charge on any atom is 0.256 e. The van der Waals surface area contributed by atoms with Crippen LogP contribution in [0.3, 0.4) is 0 Å². The molecule has 5 nitrogen and oxygen atoms in total. The monoisotopic (exact) mass is 483 g/mol. The van der Waals surface area contributed by atoms with Crippen LogP contribution in [0.15, 0.2) is 72.8 Å². The average molecular weight is 484 g/mol. The predicted molar refractivity (Wildman–Crippen MR) is 128 cm³/mol. The third kappa shape index (κ3) is 5.72. The zero-order valence-electron chi connectivity index (χ0n) is 17.7. The van der Waals surface area contributed by atoms with E-state index < -0.39 is 0 Å². The van der Waals surface area contributed by atoms with Gasteiger partial charge in [-0.15, -0.1) is 0 Å². The van der Waals surface area contributed by atoms with Crippen molar-refractivity contribution >= 4 is 34.9 Å². The molecule has 0 fully saturated rings. The van der Waals surface area contributed by atoms with Crippen LogP contribution >= 0.6 is 23.2 Å². The number of ether oxygens (including phenoxy) is 1. The lowest BCUT2D eigenvalue weighted by molar-refractivity contribution is 0.102. The van der Waals surface area contributed by atoms with Crippen molar-refractivity contribution in [1.82, 2.24) is 9.78 Å². The molecule has 0 unspecified atom stereocenters. The van der Waals surface area contributed by atoms with Crippen molar-refractivity contribution in [3.05, 3.63) is 111 Å². The van der Waals surface area contributed by atoms with E-state index in [1.165, 1.54) is 12.1 Å². The number of rotatable bonds is 7. The molecule has 4 aromatic rings. The Bertz CT molecular complexity index is 1250. The van der Waals surface area contributed by atoms with Gasteiger partial charge < -0.3 is 10.1 Å². The first kappa shape index (κ1) is 22.8. The van der Waals surface area contributed by atoms with Gasteiger partial charge in [-0.3, -0.25) is 9.48 Å². The van der Waals surface area contributed by atoms with E-state index in [0.717, 1.165) is 16.8 Å². The molecule has 0 saturated heterocycles. The number of halogens is 3. The Morgan fingerprint density at radius 3 is 2.36 bits per heavy atom. The van der Waals surface area contributed by atoms with Crippen LogP contribution in [-0.4, -0.2) is 15.7 Å². The molecule has 0 aliphatic rings. The van der Waals surface area contributed by atoms with E-state index in [1.54, 1.807) is 53.2 Å². The van der Waals surface area contributed by atoms with Gasteiger partial charge >= 0.3 is 0 Å². The molecule has 168 valence electrons. The topological polar surface area (TPSA) is 56.1 Å². The summed E-state index contributed by atoms with van der Waals surface area (Å²) in [6, 6.07) is 20.0. The van der Waals surface area contributed by atoms with Gasteiger partial charge in [0.2, 0.25) is 0 Å². The smallest absolute Gasteiger partial charge is 0.256 e. The highest BCUT2D eigenvalue weighted by Crippen LogP contribution is 2.26. The summed E-state index contributed by atoms with van der Waals surface area (Å²) in [5.41, 5.74) is 2.99. The number of hydrogen-bond acceptors (Lipinski definition) is 3. The second-order valence-electron chi connectivity index (χ2n) is 7.42. The van der Waals surface area contributed by atoms with Gasteiger partial charge in [0.25, 0.3) is 5.91 Å². The van der Waals surface area contributed by atoms with Gasteiger partial charge in [-0.2, -0.15) is 5.10 Å². The van der Waals surface area contributed by atoms with Crippen LogP contribution < -0.4 is 10.1 Å². The predicted octanol–water partition coefficient (Wildman–Crippen LogP) is 6.52. The van der Waals surface area contributed by atoms with Crippen LogP contribution in [0.4, 0.5) is 10.2 Å². The van der Waals surface area contributed by atoms with Crippen molar-refractivity contribution in [1.29, 1.82) is 0 Å². The van der Waals surface area contributed by atoms with Gasteiger partial charge in [-0.25, -0.2) is 4.39 Å². The van der Waals surface area contributed by atoms with Crippen LogP contribution in [0, 0.1) is 12.7 Å². The first-order valence-corrected chi connectivity index (χ1v) is 10.9. The molecule has 8 heteroatoms. The molecule has 0 aliphatic heterocycles. The van der Waals surface area contributed by atoms with E-state index in [2.05, 4.69) is 10.4 Å². The van der Waals surface area contributed by atoms with Crippen LogP contribution in [0.25, 0.3) is 0 Å². The highest BCUT2D eigenvalue weighted by Gasteiger charge is 2.13. The van der Waals surface area contributed by atoms with E-state index in [0.29, 0.717) is 40.3 Å². The van der Waals surface area contributed by atoms with Crippen molar-refractivity contribution in [2.75, 3.05) is 5.32 Å². The lowest BCUT2D eigenvalue weighted by atomic mass is 10.1. The van der Waals surface area contributed by atoms with Crippen molar-refractivity contribution in [2.45, 2.75) is 20.1 Å². The molecule has 3 aromatic carbocycles. The van der Waals surface area contributed by atoms with Crippen molar-refractivity contribution in [2.24, 2.45) is 0 Å². The zero-order chi connectivity index (χ0) is 23.4. The van der Waals surface area contributed by atoms with Gasteiger partial charge in [0, 0.05) is 32.9 Å². The Balaban J connectivity index is 1.38. The number of aryl methyl sites for hydroxylation is 1. The third-order valence-electron chi connectivity index (χ3n) is 5.03. The Morgan fingerprint density at radius 2 is 1.70 bits per heavy atom. The molecule has 0 radical (unpaired) electrons. The number of anilines is 1. The van der Waals surface area contributed by atoms with Gasteiger partial charge in [0.15, 0.2) is 5.82 Å². The van der Waals surface area contributed by atoms with Crippen molar-refractivity contribution in [3.8, 4) is 5.75 Å². The second-order valence-corrected chi connectivity index (χ2v) is 8.24. The quantitative estimate of drug-likeness (QED) is 0.325. The molecular weight excluding hydrogens is 464 g/mol. The fraction of sp³-hybridized carbons (Fsp3) is 0.120. The number of nitrogens with zero attached hydrogens (tertiary/aromatic N) is 2. The zero-order valence-corrected chi connectivity index (χ0v) is 19.2. The first-order chi connectivity index (χ1) is 15.9. The summed E-state index contributed by atoms with van der Waals surface area (Å²) < 4.78 is 20.3. The molecule has 4 rings (SSSR count). The van der Waals surface area contributed by atoms with Gasteiger partial charge in [0.05, 0.1) is 6.54 Å². The molecule has 33 heavy (non-hydrogen) atoms. The number of benzene rings is 3. The largest absolute Gasteiger partial charge is 0.489 e. The summed E-state index contributed by atoms with van der Waals surface area (Å²) in [6.07, 6.45) is 0. The Labute approximate surface area is 200 Å².